The first-order valence-electron chi connectivity index (χ1n) is 15.5. The van der Waals surface area contributed by atoms with Crippen LogP contribution in [0.4, 0.5) is 5.13 Å². The van der Waals surface area contributed by atoms with Gasteiger partial charge in [-0.2, -0.15) is 10.5 Å². The first kappa shape index (κ1) is 36.5. The highest BCUT2D eigenvalue weighted by atomic mass is 32.3. The molecule has 3 aliphatic rings. The molecule has 268 valence electrons. The number of hydrogen-bond acceptors (Lipinski definition) is 13. The van der Waals surface area contributed by atoms with E-state index in [-0.39, 0.29) is 17.2 Å². The number of aromatic nitrogens is 1. The monoisotopic (exact) mass is 725 g/mol. The molecule has 1 unspecified atom stereocenters. The van der Waals surface area contributed by atoms with Crippen LogP contribution in [0.5, 0.6) is 5.75 Å². The number of anilines is 1. The predicted octanol–water partition coefficient (Wildman–Crippen LogP) is 0.770. The number of hydroxylamine groups is 3. The number of aliphatic carboxylic acids is 1. The second kappa shape index (κ2) is 14.2. The fraction of sp³-hybridized carbons (Fsp3) is 0.552. The molecule has 2 aromatic rings. The number of amides is 2. The van der Waals surface area contributed by atoms with Crippen LogP contribution in [-0.4, -0.2) is 90.3 Å². The number of nitrogens with zero attached hydrogens (tertiary/aromatic N) is 3. The van der Waals surface area contributed by atoms with Gasteiger partial charge in [0.1, 0.15) is 23.7 Å². The minimum absolute atomic E-state index is 0.0698. The summed E-state index contributed by atoms with van der Waals surface area (Å²) in [4.78, 5) is 53.3. The summed E-state index contributed by atoms with van der Waals surface area (Å²) in [6.45, 7) is 5.77. The normalized spacial score (nSPS) is 23.9. The molecule has 49 heavy (non-hydrogen) atoms. The second-order valence-electron chi connectivity index (χ2n) is 12.7. The summed E-state index contributed by atoms with van der Waals surface area (Å²) in [7, 11) is -4.76. The number of rotatable bonds is 14. The lowest BCUT2D eigenvalue weighted by Gasteiger charge is -2.49. The molecule has 0 spiro atoms. The zero-order valence-corrected chi connectivity index (χ0v) is 28.7. The summed E-state index contributed by atoms with van der Waals surface area (Å²) in [6, 6.07) is 3.07. The van der Waals surface area contributed by atoms with Crippen LogP contribution in [0.15, 0.2) is 28.6 Å². The van der Waals surface area contributed by atoms with E-state index in [9.17, 15) is 23.7 Å². The fourth-order valence-corrected chi connectivity index (χ4v) is 6.98. The van der Waals surface area contributed by atoms with Gasteiger partial charge in [0, 0.05) is 32.0 Å². The Morgan fingerprint density at radius 3 is 2.71 bits per heavy atom. The maximum Gasteiger partial charge on any atom is 0.531 e. The molecule has 0 aliphatic carbocycles. The summed E-state index contributed by atoms with van der Waals surface area (Å²) in [6.07, 6.45) is 2.88. The van der Waals surface area contributed by atoms with Crippen molar-refractivity contribution in [2.45, 2.75) is 88.2 Å². The van der Waals surface area contributed by atoms with Crippen molar-refractivity contribution in [3.05, 3.63) is 40.4 Å². The number of aliphatic imine (C=N–C) groups is 1. The van der Waals surface area contributed by atoms with Gasteiger partial charge in [0.15, 0.2) is 11.2 Å². The number of hydrogen-bond donors (Lipinski definition) is 8. The van der Waals surface area contributed by atoms with Gasteiger partial charge in [-0.3, -0.25) is 19.4 Å². The van der Waals surface area contributed by atoms with E-state index in [0.29, 0.717) is 35.7 Å². The van der Waals surface area contributed by atoms with Crippen molar-refractivity contribution in [2.24, 2.45) is 10.7 Å². The van der Waals surface area contributed by atoms with Gasteiger partial charge < -0.3 is 31.9 Å². The number of carboxylic acid groups (broad SMARTS) is 1. The molecule has 18 nitrogen and oxygen atoms in total. The summed E-state index contributed by atoms with van der Waals surface area (Å²) in [5.41, 5.74) is 12.8. The van der Waals surface area contributed by atoms with Crippen LogP contribution in [0.25, 0.3) is 0 Å². The third kappa shape index (κ3) is 8.01. The van der Waals surface area contributed by atoms with E-state index in [4.69, 9.17) is 30.1 Å². The number of thiazole rings is 1. The first-order valence-corrected chi connectivity index (χ1v) is 17.8. The lowest BCUT2D eigenvalue weighted by Crippen LogP contribution is -2.77. The predicted molar refractivity (Wildman–Crippen MR) is 177 cm³/mol. The number of β-lactam (4-membered cyclic amide) rings is 1. The van der Waals surface area contributed by atoms with Crippen molar-refractivity contribution in [1.82, 2.24) is 26.2 Å². The standard InChI is InChI=1S/C29H40N8O10S2/c1-28(2)22(25(39)37(28)47-49(42,43)44)35-24(38)21(18-14-48-27(31)34-18)36-46-29(3,26(40)41)20-9-7-15-13-16(6-8-19(15)45-20)23(30)33-12-10-17-5-4-11-32-17/h6,8,13-14,17,20-22,32,36H,4-5,7,9-12H2,1-3H3,(H7-,30,31,33,34,35,38,40,41,42,43,44)/p+1/t17-,20+,21?,22+,29-/m0/s1. The molecule has 1 aromatic heterocycles. The summed E-state index contributed by atoms with van der Waals surface area (Å²) in [5.74, 6) is -2.30. The van der Waals surface area contributed by atoms with E-state index in [1.807, 2.05) is 6.07 Å². The Morgan fingerprint density at radius 2 is 2.10 bits per heavy atom. The molecular weight excluding hydrogens is 684 g/mol. The summed E-state index contributed by atoms with van der Waals surface area (Å²) >= 11 is 1.02. The van der Waals surface area contributed by atoms with E-state index < -0.39 is 57.9 Å². The minimum Gasteiger partial charge on any atom is -0.486 e. The van der Waals surface area contributed by atoms with Gasteiger partial charge >= 0.3 is 16.7 Å². The Kier molecular flexibility index (Phi) is 10.6. The lowest BCUT2D eigenvalue weighted by molar-refractivity contribution is -0.221. The van der Waals surface area contributed by atoms with Crippen LogP contribution in [0, 0.1) is 0 Å². The smallest absolute Gasteiger partial charge is 0.486 e. The van der Waals surface area contributed by atoms with Gasteiger partial charge in [-0.25, -0.2) is 9.78 Å². The number of nitrogen functional groups attached to an aromatic ring is 1. The maximum atomic E-state index is 13.5. The number of carbonyl (C=O) groups excluding carboxylic acids is 2. The van der Waals surface area contributed by atoms with Crippen molar-refractivity contribution in [3.63, 3.8) is 0 Å². The molecule has 0 radical (unpaired) electrons. The molecule has 1 aromatic carbocycles. The molecule has 20 heteroatoms. The molecule has 10 N–H and O–H groups in total. The Labute approximate surface area is 287 Å². The highest BCUT2D eigenvalue weighted by Crippen LogP contribution is 2.36. The van der Waals surface area contributed by atoms with Gasteiger partial charge in [0.05, 0.1) is 11.2 Å². The molecule has 5 rings (SSSR count). The number of aryl methyl sites for hydroxylation is 1. The first-order chi connectivity index (χ1) is 23.0. The second-order valence-corrected chi connectivity index (χ2v) is 14.7. The number of fused-ring (bicyclic) bond motifs is 1. The zero-order valence-electron chi connectivity index (χ0n) is 27.1. The Hall–Kier alpha value is -3.76. The van der Waals surface area contributed by atoms with Crippen molar-refractivity contribution in [1.29, 1.82) is 0 Å². The van der Waals surface area contributed by atoms with Crippen LogP contribution in [-0.2, 0) is 44.9 Å². The van der Waals surface area contributed by atoms with Crippen molar-refractivity contribution < 1.29 is 46.7 Å². The number of carbonyl (C=O) groups is 3. The molecule has 3 aliphatic heterocycles. The minimum atomic E-state index is -4.76. The van der Waals surface area contributed by atoms with Gasteiger partial charge in [-0.15, -0.1) is 20.4 Å². The van der Waals surface area contributed by atoms with Crippen LogP contribution >= 0.6 is 11.3 Å². The van der Waals surface area contributed by atoms with Crippen LogP contribution in [0.2, 0.25) is 0 Å². The third-order valence-electron chi connectivity index (χ3n) is 8.88. The number of nitrogens with two attached hydrogens (primary N) is 2. The maximum absolute atomic E-state index is 13.5. The number of ether oxygens (including phenoxy) is 1. The zero-order chi connectivity index (χ0) is 35.7. The van der Waals surface area contributed by atoms with Crippen LogP contribution < -0.4 is 32.3 Å². The Morgan fingerprint density at radius 1 is 1.35 bits per heavy atom. The third-order valence-corrected chi connectivity index (χ3v) is 9.92. The largest absolute Gasteiger partial charge is 0.531 e. The summed E-state index contributed by atoms with van der Waals surface area (Å²) < 4.78 is 40.1. The van der Waals surface area contributed by atoms with E-state index in [1.165, 1.54) is 26.2 Å². The van der Waals surface area contributed by atoms with E-state index in [1.54, 1.807) is 12.1 Å². The number of benzene rings is 1. The number of carboxylic acids is 1. The molecule has 0 saturated carbocycles. The molecule has 2 amide bonds. The van der Waals surface area contributed by atoms with Crippen molar-refractivity contribution in [2.75, 3.05) is 18.8 Å². The topological polar surface area (TPSA) is 273 Å². The van der Waals surface area contributed by atoms with E-state index in [2.05, 4.69) is 30.4 Å². The van der Waals surface area contributed by atoms with Crippen LogP contribution in [0.1, 0.15) is 69.3 Å². The van der Waals surface area contributed by atoms with Crippen molar-refractivity contribution >= 4 is 50.9 Å². The highest BCUT2D eigenvalue weighted by molar-refractivity contribution is 7.87. The Balaban J connectivity index is 1.27. The Bertz CT molecular complexity index is 1660. The quantitative estimate of drug-likeness (QED) is 0.0439. The summed E-state index contributed by atoms with van der Waals surface area (Å²) in [5, 5.41) is 18.3. The number of amidine groups is 1. The molecular formula is C29H41N8O10S2+. The van der Waals surface area contributed by atoms with E-state index in [0.717, 1.165) is 48.3 Å². The van der Waals surface area contributed by atoms with Gasteiger partial charge in [-0.05, 0) is 83.2 Å². The molecule has 0 bridgehead atoms. The molecule has 2 saturated heterocycles. The van der Waals surface area contributed by atoms with Gasteiger partial charge in [0.2, 0.25) is 11.5 Å². The molecule has 4 heterocycles. The van der Waals surface area contributed by atoms with Gasteiger partial charge in [-0.1, -0.05) is 0 Å². The van der Waals surface area contributed by atoms with Crippen LogP contribution in [0.3, 0.4) is 0 Å². The SMILES string of the molecule is CC1(C)[C@H](NC(=O)C(NO[C@](C)(C(=O)O)[C@H]2CCc3cc(C(N)=NCC[C@@H]4CCCN4)ccc3O2)c2csc(N)n2)C(=O)N1O[S+](=O)(O)O. The molecule has 5 atom stereocenters. The lowest BCUT2D eigenvalue weighted by atomic mass is 9.84. The fourth-order valence-electron chi connectivity index (χ4n) is 5.93. The average Bonchev–Trinajstić information content (AvgIpc) is 3.73. The van der Waals surface area contributed by atoms with E-state index >= 15 is 0 Å². The highest BCUT2D eigenvalue weighted by Gasteiger charge is 2.61. The average molecular weight is 726 g/mol. The van der Waals surface area contributed by atoms with Gasteiger partial charge in [0.25, 0.3) is 5.91 Å². The molecule has 2 fully saturated rings. The number of nitrogens with one attached hydrogen (secondary N) is 3. The van der Waals surface area contributed by atoms with Crippen molar-refractivity contribution in [3.8, 4) is 5.75 Å².